The van der Waals surface area contributed by atoms with Crippen LogP contribution in [0.2, 0.25) is 0 Å². The van der Waals surface area contributed by atoms with Gasteiger partial charge in [0.1, 0.15) is 5.76 Å². The van der Waals surface area contributed by atoms with Crippen molar-refractivity contribution in [2.75, 3.05) is 6.61 Å². The minimum absolute atomic E-state index is 0.124. The topological polar surface area (TPSA) is 45.4 Å². The number of rotatable bonds is 5. The Bertz CT molecular complexity index is 271. The van der Waals surface area contributed by atoms with Gasteiger partial charge >= 0.3 is 0 Å². The molecule has 80 valence electrons. The maximum Gasteiger partial charge on any atom is 0.169 e. The highest BCUT2D eigenvalue weighted by molar-refractivity contribution is 9.10. The molecule has 0 bridgehead atoms. The standard InChI is InChI=1S/C10H16BrNO2/c1-3-8(6-13)12-7(2)9-4-5-10(11)14-9/h4-5,7-8,12-13H,3,6H2,1-2H3. The number of aliphatic hydroxyl groups excluding tert-OH is 1. The molecule has 4 heteroatoms. The molecule has 0 amide bonds. The van der Waals surface area contributed by atoms with Gasteiger partial charge in [-0.2, -0.15) is 0 Å². The van der Waals surface area contributed by atoms with Gasteiger partial charge in [0.05, 0.1) is 12.6 Å². The Labute approximate surface area is 92.6 Å². The summed E-state index contributed by atoms with van der Waals surface area (Å²) in [6, 6.07) is 4.05. The van der Waals surface area contributed by atoms with E-state index in [4.69, 9.17) is 9.52 Å². The highest BCUT2D eigenvalue weighted by Gasteiger charge is 2.13. The molecule has 0 saturated carbocycles. The maximum absolute atomic E-state index is 9.02. The van der Waals surface area contributed by atoms with Gasteiger partial charge in [-0.1, -0.05) is 6.92 Å². The number of halogens is 1. The van der Waals surface area contributed by atoms with E-state index >= 15 is 0 Å². The third-order valence-corrected chi connectivity index (χ3v) is 2.65. The largest absolute Gasteiger partial charge is 0.453 e. The third-order valence-electron chi connectivity index (χ3n) is 2.22. The molecule has 0 aliphatic heterocycles. The molecule has 2 unspecified atom stereocenters. The number of furan rings is 1. The minimum Gasteiger partial charge on any atom is -0.453 e. The van der Waals surface area contributed by atoms with Crippen molar-refractivity contribution in [1.29, 1.82) is 0 Å². The number of nitrogens with one attached hydrogen (secondary N) is 1. The Balaban J connectivity index is 2.53. The average molecular weight is 262 g/mol. The second-order valence-corrected chi connectivity index (χ2v) is 4.10. The molecule has 2 atom stereocenters. The molecule has 0 fully saturated rings. The lowest BCUT2D eigenvalue weighted by Crippen LogP contribution is -2.33. The number of aliphatic hydroxyl groups is 1. The first-order valence-electron chi connectivity index (χ1n) is 4.79. The van der Waals surface area contributed by atoms with Crippen molar-refractivity contribution in [3.63, 3.8) is 0 Å². The summed E-state index contributed by atoms with van der Waals surface area (Å²) in [5.41, 5.74) is 0. The van der Waals surface area contributed by atoms with Crippen LogP contribution in [0.4, 0.5) is 0 Å². The summed E-state index contributed by atoms with van der Waals surface area (Å²) >= 11 is 3.26. The second-order valence-electron chi connectivity index (χ2n) is 3.32. The van der Waals surface area contributed by atoms with Crippen molar-refractivity contribution in [2.24, 2.45) is 0 Å². The number of hydrogen-bond acceptors (Lipinski definition) is 3. The average Bonchev–Trinajstić information content (AvgIpc) is 2.61. The first kappa shape index (κ1) is 11.8. The Morgan fingerprint density at radius 2 is 2.29 bits per heavy atom. The first-order chi connectivity index (χ1) is 6.67. The van der Waals surface area contributed by atoms with E-state index in [1.165, 1.54) is 0 Å². The van der Waals surface area contributed by atoms with Crippen molar-refractivity contribution < 1.29 is 9.52 Å². The summed E-state index contributed by atoms with van der Waals surface area (Å²) in [6.45, 7) is 4.21. The molecular formula is C10H16BrNO2. The van der Waals surface area contributed by atoms with E-state index in [9.17, 15) is 0 Å². The molecule has 14 heavy (non-hydrogen) atoms. The quantitative estimate of drug-likeness (QED) is 0.856. The van der Waals surface area contributed by atoms with Gasteiger partial charge in [0.15, 0.2) is 4.67 Å². The van der Waals surface area contributed by atoms with Gasteiger partial charge in [0.2, 0.25) is 0 Å². The fourth-order valence-electron chi connectivity index (χ4n) is 1.30. The zero-order valence-electron chi connectivity index (χ0n) is 8.46. The molecule has 1 heterocycles. The molecule has 3 nitrogen and oxygen atoms in total. The summed E-state index contributed by atoms with van der Waals surface area (Å²) in [5, 5.41) is 12.3. The lowest BCUT2D eigenvalue weighted by Gasteiger charge is -2.18. The van der Waals surface area contributed by atoms with Gasteiger partial charge in [-0.25, -0.2) is 0 Å². The van der Waals surface area contributed by atoms with Crippen LogP contribution in [0, 0.1) is 0 Å². The maximum atomic E-state index is 9.02. The molecule has 1 aromatic rings. The second kappa shape index (κ2) is 5.53. The van der Waals surface area contributed by atoms with Gasteiger partial charge in [-0.3, -0.25) is 0 Å². The SMILES string of the molecule is CCC(CO)NC(C)c1ccc(Br)o1. The fourth-order valence-corrected chi connectivity index (χ4v) is 1.62. The van der Waals surface area contributed by atoms with Crippen LogP contribution in [0.1, 0.15) is 32.1 Å². The van der Waals surface area contributed by atoms with Crippen molar-refractivity contribution in [3.05, 3.63) is 22.6 Å². The van der Waals surface area contributed by atoms with E-state index in [0.717, 1.165) is 16.9 Å². The van der Waals surface area contributed by atoms with E-state index in [2.05, 4.69) is 21.2 Å². The van der Waals surface area contributed by atoms with Crippen molar-refractivity contribution in [1.82, 2.24) is 5.32 Å². The minimum atomic E-state index is 0.124. The van der Waals surface area contributed by atoms with Crippen LogP contribution in [0.15, 0.2) is 21.2 Å². The molecule has 0 spiro atoms. The Morgan fingerprint density at radius 3 is 2.71 bits per heavy atom. The van der Waals surface area contributed by atoms with Crippen LogP contribution < -0.4 is 5.32 Å². The van der Waals surface area contributed by atoms with Crippen molar-refractivity contribution >= 4 is 15.9 Å². The van der Waals surface area contributed by atoms with Gasteiger partial charge < -0.3 is 14.8 Å². The van der Waals surface area contributed by atoms with Crippen LogP contribution in [-0.2, 0) is 0 Å². The molecule has 0 aromatic carbocycles. The Hall–Kier alpha value is -0.320. The highest BCUT2D eigenvalue weighted by atomic mass is 79.9. The third kappa shape index (κ3) is 3.12. The van der Waals surface area contributed by atoms with Crippen LogP contribution in [-0.4, -0.2) is 17.8 Å². The fraction of sp³-hybridized carbons (Fsp3) is 0.600. The van der Waals surface area contributed by atoms with Crippen molar-refractivity contribution in [3.8, 4) is 0 Å². The van der Waals surface area contributed by atoms with Crippen LogP contribution >= 0.6 is 15.9 Å². The highest BCUT2D eigenvalue weighted by Crippen LogP contribution is 2.20. The summed E-state index contributed by atoms with van der Waals surface area (Å²) < 4.78 is 6.14. The van der Waals surface area contributed by atoms with E-state index < -0.39 is 0 Å². The predicted molar refractivity (Wildman–Crippen MR) is 59.1 cm³/mol. The van der Waals surface area contributed by atoms with E-state index in [-0.39, 0.29) is 18.7 Å². The van der Waals surface area contributed by atoms with Gasteiger partial charge in [-0.15, -0.1) is 0 Å². The summed E-state index contributed by atoms with van der Waals surface area (Å²) in [4.78, 5) is 0. The normalized spacial score (nSPS) is 15.4. The van der Waals surface area contributed by atoms with Crippen LogP contribution in [0.25, 0.3) is 0 Å². The molecule has 1 rings (SSSR count). The Kier molecular flexibility index (Phi) is 4.65. The Morgan fingerprint density at radius 1 is 1.57 bits per heavy atom. The summed E-state index contributed by atoms with van der Waals surface area (Å²) in [6.07, 6.45) is 0.905. The van der Waals surface area contributed by atoms with E-state index in [1.807, 2.05) is 26.0 Å². The van der Waals surface area contributed by atoms with Crippen molar-refractivity contribution in [2.45, 2.75) is 32.4 Å². The van der Waals surface area contributed by atoms with Gasteiger partial charge in [0, 0.05) is 6.04 Å². The molecule has 2 N–H and O–H groups in total. The number of hydrogen-bond donors (Lipinski definition) is 2. The smallest absolute Gasteiger partial charge is 0.169 e. The zero-order valence-corrected chi connectivity index (χ0v) is 10.0. The lowest BCUT2D eigenvalue weighted by molar-refractivity contribution is 0.225. The molecule has 0 aliphatic rings. The predicted octanol–water partition coefficient (Wildman–Crippen LogP) is 2.46. The molecular weight excluding hydrogens is 246 g/mol. The molecule has 0 radical (unpaired) electrons. The summed E-state index contributed by atoms with van der Waals surface area (Å²) in [5.74, 6) is 0.878. The van der Waals surface area contributed by atoms with E-state index in [0.29, 0.717) is 0 Å². The van der Waals surface area contributed by atoms with Crippen LogP contribution in [0.5, 0.6) is 0 Å². The van der Waals surface area contributed by atoms with Gasteiger partial charge in [0.25, 0.3) is 0 Å². The molecule has 0 aliphatic carbocycles. The first-order valence-corrected chi connectivity index (χ1v) is 5.58. The zero-order chi connectivity index (χ0) is 10.6. The summed E-state index contributed by atoms with van der Waals surface area (Å²) in [7, 11) is 0. The lowest BCUT2D eigenvalue weighted by atomic mass is 10.2. The van der Waals surface area contributed by atoms with E-state index in [1.54, 1.807) is 0 Å². The molecule has 1 aromatic heterocycles. The monoisotopic (exact) mass is 261 g/mol. The van der Waals surface area contributed by atoms with Crippen LogP contribution in [0.3, 0.4) is 0 Å². The molecule has 0 saturated heterocycles. The van der Waals surface area contributed by atoms with Gasteiger partial charge in [-0.05, 0) is 41.4 Å².